The Balaban J connectivity index is 1.62. The Labute approximate surface area is 145 Å². The number of nitrogens with zero attached hydrogens (tertiary/aromatic N) is 1. The van der Waals surface area contributed by atoms with Gasteiger partial charge in [0, 0.05) is 6.04 Å². The summed E-state index contributed by atoms with van der Waals surface area (Å²) in [6, 6.07) is 4.98. The highest BCUT2D eigenvalue weighted by molar-refractivity contribution is 7.89. The zero-order chi connectivity index (χ0) is 17.2. The van der Waals surface area contributed by atoms with Gasteiger partial charge in [0.05, 0.1) is 26.7 Å². The maximum Gasteiger partial charge on any atom is 0.241 e. The van der Waals surface area contributed by atoms with Gasteiger partial charge in [-0.2, -0.15) is 0 Å². The van der Waals surface area contributed by atoms with Crippen LogP contribution < -0.4 is 10.0 Å². The molecule has 0 bridgehead atoms. The minimum atomic E-state index is -3.71. The Bertz CT molecular complexity index is 839. The molecule has 1 aromatic heterocycles. The number of amides is 1. The summed E-state index contributed by atoms with van der Waals surface area (Å²) in [7, 11) is -3.71. The van der Waals surface area contributed by atoms with E-state index >= 15 is 0 Å². The second-order valence-electron chi connectivity index (χ2n) is 6.09. The molecule has 1 aromatic carbocycles. The van der Waals surface area contributed by atoms with E-state index in [1.54, 1.807) is 12.1 Å². The van der Waals surface area contributed by atoms with Crippen molar-refractivity contribution in [3.05, 3.63) is 23.2 Å². The molecule has 3 rings (SSSR count). The molecule has 1 saturated carbocycles. The minimum absolute atomic E-state index is 0.157. The van der Waals surface area contributed by atoms with Gasteiger partial charge in [-0.1, -0.05) is 19.3 Å². The van der Waals surface area contributed by atoms with E-state index in [1.165, 1.54) is 23.8 Å². The van der Waals surface area contributed by atoms with Gasteiger partial charge in [0.25, 0.3) is 0 Å². The first-order valence-corrected chi connectivity index (χ1v) is 10.4. The zero-order valence-electron chi connectivity index (χ0n) is 13.5. The summed E-state index contributed by atoms with van der Waals surface area (Å²) in [6.07, 6.45) is 5.38. The van der Waals surface area contributed by atoms with Gasteiger partial charge in [-0.15, -0.1) is 11.3 Å². The van der Waals surface area contributed by atoms with Crippen molar-refractivity contribution in [1.82, 2.24) is 15.0 Å². The summed E-state index contributed by atoms with van der Waals surface area (Å²) in [5.74, 6) is -0.278. The molecule has 8 heteroatoms. The largest absolute Gasteiger partial charge is 0.352 e. The molecule has 1 aliphatic carbocycles. The zero-order valence-corrected chi connectivity index (χ0v) is 15.2. The molecule has 0 spiro atoms. The highest BCUT2D eigenvalue weighted by atomic mass is 32.2. The standard InChI is InChI=1S/C16H21N3O3S2/c1-11-18-14-8-7-13(9-15(14)23-11)24(21,22)17-10-16(20)19-12-5-3-2-4-6-12/h7-9,12,17H,2-6,10H2,1H3,(H,19,20). The highest BCUT2D eigenvalue weighted by Gasteiger charge is 2.19. The SMILES string of the molecule is Cc1nc2ccc(S(=O)(=O)NCC(=O)NC3CCCCC3)cc2s1. The first-order chi connectivity index (χ1) is 11.4. The molecule has 1 aliphatic rings. The van der Waals surface area contributed by atoms with E-state index in [-0.39, 0.29) is 23.4 Å². The molecule has 1 fully saturated rings. The predicted octanol–water partition coefficient (Wildman–Crippen LogP) is 2.33. The molecule has 0 atom stereocenters. The summed E-state index contributed by atoms with van der Waals surface area (Å²) < 4.78 is 27.9. The molecular formula is C16H21N3O3S2. The fraction of sp³-hybridized carbons (Fsp3) is 0.500. The monoisotopic (exact) mass is 367 g/mol. The van der Waals surface area contributed by atoms with Crippen LogP contribution in [0.5, 0.6) is 0 Å². The average molecular weight is 367 g/mol. The molecule has 6 nitrogen and oxygen atoms in total. The highest BCUT2D eigenvalue weighted by Crippen LogP contribution is 2.24. The number of aromatic nitrogens is 1. The molecule has 1 heterocycles. The quantitative estimate of drug-likeness (QED) is 0.849. The number of nitrogens with one attached hydrogen (secondary N) is 2. The number of aryl methyl sites for hydroxylation is 1. The second kappa shape index (κ2) is 7.16. The predicted molar refractivity (Wildman–Crippen MR) is 94.6 cm³/mol. The van der Waals surface area contributed by atoms with E-state index < -0.39 is 10.0 Å². The molecule has 0 radical (unpaired) electrons. The number of carbonyl (C=O) groups is 1. The van der Waals surface area contributed by atoms with Crippen molar-refractivity contribution in [2.45, 2.75) is 50.0 Å². The third-order valence-electron chi connectivity index (χ3n) is 4.17. The van der Waals surface area contributed by atoms with Gasteiger partial charge in [-0.05, 0) is 38.0 Å². The van der Waals surface area contributed by atoms with Gasteiger partial charge in [-0.25, -0.2) is 18.1 Å². The summed E-state index contributed by atoms with van der Waals surface area (Å²) >= 11 is 1.45. The molecule has 0 unspecified atom stereocenters. The lowest BCUT2D eigenvalue weighted by molar-refractivity contribution is -0.120. The topological polar surface area (TPSA) is 88.2 Å². The second-order valence-corrected chi connectivity index (χ2v) is 9.09. The van der Waals surface area contributed by atoms with Crippen molar-refractivity contribution in [2.75, 3.05) is 6.54 Å². The first kappa shape index (κ1) is 17.3. The van der Waals surface area contributed by atoms with Crippen molar-refractivity contribution in [1.29, 1.82) is 0 Å². The summed E-state index contributed by atoms with van der Waals surface area (Å²) in [5.41, 5.74) is 0.784. The van der Waals surface area contributed by atoms with Crippen LogP contribution in [-0.2, 0) is 14.8 Å². The summed E-state index contributed by atoms with van der Waals surface area (Å²) in [6.45, 7) is 1.64. The summed E-state index contributed by atoms with van der Waals surface area (Å²) in [5, 5.41) is 3.79. The molecule has 2 aromatic rings. The van der Waals surface area contributed by atoms with E-state index in [1.807, 2.05) is 6.92 Å². The van der Waals surface area contributed by atoms with Gasteiger partial charge in [0.1, 0.15) is 0 Å². The van der Waals surface area contributed by atoms with Crippen LogP contribution >= 0.6 is 11.3 Å². The van der Waals surface area contributed by atoms with Gasteiger partial charge < -0.3 is 5.32 Å². The van der Waals surface area contributed by atoms with E-state index in [0.717, 1.165) is 40.9 Å². The number of benzene rings is 1. The fourth-order valence-electron chi connectivity index (χ4n) is 2.96. The smallest absolute Gasteiger partial charge is 0.241 e. The number of thiazole rings is 1. The van der Waals surface area contributed by atoms with Crippen molar-refractivity contribution in [3.63, 3.8) is 0 Å². The van der Waals surface area contributed by atoms with Crippen molar-refractivity contribution in [3.8, 4) is 0 Å². The fourth-order valence-corrected chi connectivity index (χ4v) is 4.91. The number of carbonyl (C=O) groups excluding carboxylic acids is 1. The Morgan fingerprint density at radius 2 is 2.04 bits per heavy atom. The van der Waals surface area contributed by atoms with Crippen LogP contribution in [0.25, 0.3) is 10.2 Å². The van der Waals surface area contributed by atoms with Gasteiger partial charge in [0.2, 0.25) is 15.9 Å². The van der Waals surface area contributed by atoms with Crippen LogP contribution in [0, 0.1) is 6.92 Å². The van der Waals surface area contributed by atoms with Gasteiger partial charge in [0.15, 0.2) is 0 Å². The van der Waals surface area contributed by atoms with Crippen molar-refractivity contribution < 1.29 is 13.2 Å². The van der Waals surface area contributed by atoms with E-state index in [9.17, 15) is 13.2 Å². The van der Waals surface area contributed by atoms with Crippen LogP contribution in [0.2, 0.25) is 0 Å². The molecule has 0 aliphatic heterocycles. The Hall–Kier alpha value is -1.51. The van der Waals surface area contributed by atoms with Crippen LogP contribution in [0.4, 0.5) is 0 Å². The van der Waals surface area contributed by atoms with E-state index in [4.69, 9.17) is 0 Å². The maximum atomic E-state index is 12.4. The molecular weight excluding hydrogens is 346 g/mol. The van der Waals surface area contributed by atoms with Crippen LogP contribution in [0.15, 0.2) is 23.1 Å². The number of hydrogen-bond donors (Lipinski definition) is 2. The molecule has 130 valence electrons. The van der Waals surface area contributed by atoms with E-state index in [0.29, 0.717) is 0 Å². The molecule has 24 heavy (non-hydrogen) atoms. The van der Waals surface area contributed by atoms with Crippen LogP contribution in [0.1, 0.15) is 37.1 Å². The number of rotatable bonds is 5. The Kier molecular flexibility index (Phi) is 5.17. The van der Waals surface area contributed by atoms with Gasteiger partial charge >= 0.3 is 0 Å². The number of hydrogen-bond acceptors (Lipinski definition) is 5. The van der Waals surface area contributed by atoms with E-state index in [2.05, 4.69) is 15.0 Å². The van der Waals surface area contributed by atoms with Crippen LogP contribution in [0.3, 0.4) is 0 Å². The lowest BCUT2D eigenvalue weighted by Gasteiger charge is -2.22. The Morgan fingerprint density at radius 1 is 1.29 bits per heavy atom. The lowest BCUT2D eigenvalue weighted by Crippen LogP contribution is -2.42. The average Bonchev–Trinajstić information content (AvgIpc) is 2.93. The minimum Gasteiger partial charge on any atom is -0.352 e. The first-order valence-electron chi connectivity index (χ1n) is 8.10. The van der Waals surface area contributed by atoms with Crippen LogP contribution in [-0.4, -0.2) is 31.9 Å². The molecule has 0 saturated heterocycles. The van der Waals surface area contributed by atoms with Crippen molar-refractivity contribution in [2.24, 2.45) is 0 Å². The molecule has 1 amide bonds. The third kappa shape index (κ3) is 4.12. The van der Waals surface area contributed by atoms with Crippen molar-refractivity contribution >= 4 is 37.5 Å². The summed E-state index contributed by atoms with van der Waals surface area (Å²) in [4.78, 5) is 16.4. The lowest BCUT2D eigenvalue weighted by atomic mass is 9.95. The third-order valence-corrected chi connectivity index (χ3v) is 6.50. The normalized spacial score (nSPS) is 16.4. The number of sulfonamides is 1. The maximum absolute atomic E-state index is 12.4. The molecule has 2 N–H and O–H groups in total. The number of fused-ring (bicyclic) bond motifs is 1. The van der Waals surface area contributed by atoms with Gasteiger partial charge in [-0.3, -0.25) is 4.79 Å². The Morgan fingerprint density at radius 3 is 2.79 bits per heavy atom.